The van der Waals surface area contributed by atoms with Gasteiger partial charge in [-0.2, -0.15) is 0 Å². The molecule has 0 fully saturated rings. The highest BCUT2D eigenvalue weighted by molar-refractivity contribution is 7.79. The minimum Gasteiger partial charge on any atom is -0.465 e. The average Bonchev–Trinajstić information content (AvgIpc) is 2.03. The van der Waals surface area contributed by atoms with Crippen LogP contribution in [0.25, 0.3) is 0 Å². The van der Waals surface area contributed by atoms with Crippen molar-refractivity contribution in [1.29, 1.82) is 0 Å². The minimum atomic E-state index is -1.92. The lowest BCUT2D eigenvalue weighted by Crippen LogP contribution is -2.20. The van der Waals surface area contributed by atoms with Gasteiger partial charge in [0.15, 0.2) is 11.1 Å². The Hall–Kier alpha value is -0.420. The zero-order valence-electron chi connectivity index (χ0n) is 7.99. The van der Waals surface area contributed by atoms with Crippen molar-refractivity contribution >= 4 is 17.0 Å². The van der Waals surface area contributed by atoms with Crippen LogP contribution in [0.5, 0.6) is 0 Å². The molecule has 0 aliphatic carbocycles. The number of carbonyl (C=O) groups is 1. The van der Waals surface area contributed by atoms with Crippen molar-refractivity contribution in [2.75, 3.05) is 12.4 Å². The highest BCUT2D eigenvalue weighted by Gasteiger charge is 2.16. The third-order valence-electron chi connectivity index (χ3n) is 1.54. The van der Waals surface area contributed by atoms with E-state index in [1.54, 1.807) is 6.92 Å². The van der Waals surface area contributed by atoms with Crippen molar-refractivity contribution in [2.24, 2.45) is 5.92 Å². The molecular weight excluding hydrogens is 192 g/mol. The van der Waals surface area contributed by atoms with Gasteiger partial charge in [-0.05, 0) is 6.42 Å². The van der Waals surface area contributed by atoms with Gasteiger partial charge in [0.2, 0.25) is 0 Å². The molecule has 0 heterocycles. The zero-order chi connectivity index (χ0) is 10.3. The van der Waals surface area contributed by atoms with Crippen molar-refractivity contribution in [3.8, 4) is 0 Å². The zero-order valence-corrected chi connectivity index (χ0v) is 8.80. The van der Waals surface area contributed by atoms with Crippen LogP contribution in [-0.4, -0.2) is 27.1 Å². The van der Waals surface area contributed by atoms with Gasteiger partial charge in [0, 0.05) is 0 Å². The quantitative estimate of drug-likeness (QED) is 0.404. The van der Waals surface area contributed by atoms with Gasteiger partial charge in [0.1, 0.15) is 0 Å². The van der Waals surface area contributed by atoms with Crippen LogP contribution in [-0.2, 0) is 20.6 Å². The summed E-state index contributed by atoms with van der Waals surface area (Å²) in [4.78, 5) is 11.1. The van der Waals surface area contributed by atoms with Gasteiger partial charge >= 0.3 is 5.97 Å². The molecule has 4 nitrogen and oxygen atoms in total. The van der Waals surface area contributed by atoms with Crippen LogP contribution in [0.2, 0.25) is 0 Å². The fourth-order valence-electron chi connectivity index (χ4n) is 0.741. The van der Waals surface area contributed by atoms with Gasteiger partial charge in [-0.25, -0.2) is 4.21 Å². The van der Waals surface area contributed by atoms with E-state index in [4.69, 9.17) is 9.29 Å². The van der Waals surface area contributed by atoms with Gasteiger partial charge in [-0.15, -0.1) is 0 Å². The molecule has 1 N–H and O–H groups in total. The van der Waals surface area contributed by atoms with Crippen LogP contribution in [0.15, 0.2) is 0 Å². The molecule has 0 rings (SSSR count). The number of carbonyl (C=O) groups excluding carboxylic acids is 1. The largest absolute Gasteiger partial charge is 0.465 e. The Bertz CT molecular complexity index is 181. The number of esters is 1. The second-order valence-corrected chi connectivity index (χ2v) is 3.89. The second kappa shape index (κ2) is 7.03. The van der Waals surface area contributed by atoms with E-state index >= 15 is 0 Å². The van der Waals surface area contributed by atoms with Crippen molar-refractivity contribution in [3.05, 3.63) is 0 Å². The second-order valence-electron chi connectivity index (χ2n) is 2.91. The lowest BCUT2D eigenvalue weighted by atomic mass is 10.2. The highest BCUT2D eigenvalue weighted by atomic mass is 32.2. The highest BCUT2D eigenvalue weighted by Crippen LogP contribution is 2.01. The van der Waals surface area contributed by atoms with Gasteiger partial charge < -0.3 is 9.29 Å². The predicted octanol–water partition coefficient (Wildman–Crippen LogP) is 1.19. The molecule has 2 atom stereocenters. The van der Waals surface area contributed by atoms with Crippen molar-refractivity contribution in [1.82, 2.24) is 0 Å². The topological polar surface area (TPSA) is 63.6 Å². The van der Waals surface area contributed by atoms with E-state index in [1.807, 2.05) is 6.92 Å². The Morgan fingerprint density at radius 1 is 1.62 bits per heavy atom. The van der Waals surface area contributed by atoms with Gasteiger partial charge in [-0.1, -0.05) is 20.3 Å². The van der Waals surface area contributed by atoms with Crippen LogP contribution in [0.3, 0.4) is 0 Å². The first-order valence-corrected chi connectivity index (χ1v) is 5.59. The number of ether oxygens (including phenoxy) is 1. The van der Waals surface area contributed by atoms with Gasteiger partial charge in [0.25, 0.3) is 0 Å². The van der Waals surface area contributed by atoms with Gasteiger partial charge in [0.05, 0.1) is 18.3 Å². The number of unbranched alkanes of at least 4 members (excludes halogenated alkanes) is 1. The third kappa shape index (κ3) is 6.72. The normalized spacial score (nSPS) is 15.0. The van der Waals surface area contributed by atoms with Crippen LogP contribution < -0.4 is 0 Å². The monoisotopic (exact) mass is 208 g/mol. The van der Waals surface area contributed by atoms with Crippen molar-refractivity contribution in [3.63, 3.8) is 0 Å². The van der Waals surface area contributed by atoms with E-state index < -0.39 is 23.0 Å². The number of hydrogen-bond acceptors (Lipinski definition) is 3. The van der Waals surface area contributed by atoms with E-state index in [0.717, 1.165) is 12.8 Å². The standard InChI is InChI=1S/C8H16O4S/c1-3-4-5-12-8(9)7(2)6-13(10)11/h7H,3-6H2,1-2H3,(H,10,11). The van der Waals surface area contributed by atoms with Crippen LogP contribution >= 0.6 is 0 Å². The maximum Gasteiger partial charge on any atom is 0.309 e. The van der Waals surface area contributed by atoms with Crippen molar-refractivity contribution < 1.29 is 18.3 Å². The molecular formula is C8H16O4S. The Morgan fingerprint density at radius 2 is 2.23 bits per heavy atom. The Balaban J connectivity index is 3.63. The van der Waals surface area contributed by atoms with E-state index in [9.17, 15) is 9.00 Å². The molecule has 5 heteroatoms. The maximum atomic E-state index is 11.1. The van der Waals surface area contributed by atoms with Crippen LogP contribution in [0.1, 0.15) is 26.7 Å². The van der Waals surface area contributed by atoms with Crippen LogP contribution in [0, 0.1) is 5.92 Å². The summed E-state index contributed by atoms with van der Waals surface area (Å²) >= 11 is -1.92. The molecule has 2 unspecified atom stereocenters. The lowest BCUT2D eigenvalue weighted by molar-refractivity contribution is -0.147. The Labute approximate surface area is 80.9 Å². The summed E-state index contributed by atoms with van der Waals surface area (Å²) in [5.41, 5.74) is 0. The summed E-state index contributed by atoms with van der Waals surface area (Å²) in [6.45, 7) is 3.99. The molecule has 0 radical (unpaired) electrons. The molecule has 0 saturated carbocycles. The first-order valence-electron chi connectivity index (χ1n) is 4.32. The first-order chi connectivity index (χ1) is 6.07. The molecule has 0 aromatic rings. The van der Waals surface area contributed by atoms with Crippen molar-refractivity contribution in [2.45, 2.75) is 26.7 Å². The summed E-state index contributed by atoms with van der Waals surface area (Å²) < 4.78 is 23.7. The Kier molecular flexibility index (Phi) is 6.80. The minimum absolute atomic E-state index is 0.0506. The average molecular weight is 208 g/mol. The van der Waals surface area contributed by atoms with E-state index in [-0.39, 0.29) is 5.75 Å². The molecule has 0 aromatic heterocycles. The maximum absolute atomic E-state index is 11.1. The molecule has 0 saturated heterocycles. The summed E-state index contributed by atoms with van der Waals surface area (Å²) in [6, 6.07) is 0. The van der Waals surface area contributed by atoms with E-state index in [0.29, 0.717) is 6.61 Å². The molecule has 0 aromatic carbocycles. The number of hydrogen-bond donors (Lipinski definition) is 1. The molecule has 0 amide bonds. The summed E-state index contributed by atoms with van der Waals surface area (Å²) in [6.07, 6.45) is 1.80. The molecule has 13 heavy (non-hydrogen) atoms. The number of rotatable bonds is 6. The third-order valence-corrected chi connectivity index (χ3v) is 2.32. The SMILES string of the molecule is CCCCOC(=O)C(C)CS(=O)O. The van der Waals surface area contributed by atoms with Gasteiger partial charge in [-0.3, -0.25) is 4.79 Å². The molecule has 78 valence electrons. The summed E-state index contributed by atoms with van der Waals surface area (Å²) in [5.74, 6) is -0.941. The molecule has 0 aliphatic heterocycles. The fourth-order valence-corrected chi connectivity index (χ4v) is 1.31. The van der Waals surface area contributed by atoms with E-state index in [2.05, 4.69) is 0 Å². The first kappa shape index (κ1) is 12.6. The lowest BCUT2D eigenvalue weighted by Gasteiger charge is -2.08. The fraction of sp³-hybridized carbons (Fsp3) is 0.875. The summed E-state index contributed by atoms with van der Waals surface area (Å²) in [5, 5.41) is 0. The molecule has 0 bridgehead atoms. The van der Waals surface area contributed by atoms with E-state index in [1.165, 1.54) is 0 Å². The smallest absolute Gasteiger partial charge is 0.309 e. The van der Waals surface area contributed by atoms with Crippen LogP contribution in [0.4, 0.5) is 0 Å². The molecule has 0 aliphatic rings. The Morgan fingerprint density at radius 3 is 2.69 bits per heavy atom. The predicted molar refractivity (Wildman–Crippen MR) is 50.7 cm³/mol. The molecule has 0 spiro atoms. The summed E-state index contributed by atoms with van der Waals surface area (Å²) in [7, 11) is 0.